The third-order valence-electron chi connectivity index (χ3n) is 4.95. The number of carbonyl (C=O) groups excluding carboxylic acids is 1. The summed E-state index contributed by atoms with van der Waals surface area (Å²) in [6.07, 6.45) is 1.96. The molecule has 0 aliphatic carbocycles. The number of hydrogen-bond acceptors (Lipinski definition) is 7. The van der Waals surface area contributed by atoms with Crippen molar-refractivity contribution in [1.82, 2.24) is 10.0 Å². The van der Waals surface area contributed by atoms with Crippen LogP contribution >= 0.6 is 0 Å². The highest BCUT2D eigenvalue weighted by Crippen LogP contribution is 2.31. The Kier molecular flexibility index (Phi) is 7.08. The number of nitrogens with zero attached hydrogens (tertiary/aromatic N) is 2. The van der Waals surface area contributed by atoms with Crippen LogP contribution in [0, 0.1) is 10.1 Å². The first kappa shape index (κ1) is 22.5. The van der Waals surface area contributed by atoms with E-state index in [0.29, 0.717) is 11.4 Å². The zero-order valence-electron chi connectivity index (χ0n) is 17.0. The molecule has 31 heavy (non-hydrogen) atoms. The highest BCUT2D eigenvalue weighted by Gasteiger charge is 2.24. The number of rotatable bonds is 9. The minimum absolute atomic E-state index is 0.0237. The summed E-state index contributed by atoms with van der Waals surface area (Å²) in [6, 6.07) is 10.3. The Morgan fingerprint density at radius 3 is 2.42 bits per heavy atom. The molecule has 0 saturated carbocycles. The van der Waals surface area contributed by atoms with Gasteiger partial charge in [0.1, 0.15) is 11.4 Å². The molecule has 0 radical (unpaired) electrons. The van der Waals surface area contributed by atoms with Crippen LogP contribution in [0.4, 0.5) is 11.4 Å². The third kappa shape index (κ3) is 5.50. The highest BCUT2D eigenvalue weighted by atomic mass is 32.2. The predicted molar refractivity (Wildman–Crippen MR) is 115 cm³/mol. The van der Waals surface area contributed by atoms with Crippen LogP contribution in [0.15, 0.2) is 47.4 Å². The number of hydrogen-bond donors (Lipinski definition) is 2. The first-order valence-electron chi connectivity index (χ1n) is 9.77. The summed E-state index contributed by atoms with van der Waals surface area (Å²) >= 11 is 0. The average molecular weight is 449 g/mol. The molecule has 1 heterocycles. The summed E-state index contributed by atoms with van der Waals surface area (Å²) in [5, 5.41) is 14.0. The SMILES string of the molecule is COc1ccc(S(=O)(=O)NCCNC(=O)c2ccc(N3CCCC3)c([N+](=O)[O-])c2)cc1. The molecule has 0 spiro atoms. The number of amides is 1. The number of methoxy groups -OCH3 is 1. The van der Waals surface area contributed by atoms with Crippen LogP contribution in [0.3, 0.4) is 0 Å². The van der Waals surface area contributed by atoms with E-state index in [4.69, 9.17) is 4.74 Å². The molecule has 2 N–H and O–H groups in total. The van der Waals surface area contributed by atoms with Gasteiger partial charge in [0.25, 0.3) is 11.6 Å². The number of anilines is 1. The van der Waals surface area contributed by atoms with Crippen molar-refractivity contribution < 1.29 is 22.9 Å². The zero-order valence-corrected chi connectivity index (χ0v) is 17.9. The fraction of sp³-hybridized carbons (Fsp3) is 0.350. The van der Waals surface area contributed by atoms with Crippen molar-refractivity contribution in [1.29, 1.82) is 0 Å². The molecule has 0 bridgehead atoms. The smallest absolute Gasteiger partial charge is 0.293 e. The number of carbonyl (C=O) groups is 1. The van der Waals surface area contributed by atoms with Gasteiger partial charge in [-0.1, -0.05) is 0 Å². The molecular formula is C20H24N4O6S. The fourth-order valence-corrected chi connectivity index (χ4v) is 4.37. The van der Waals surface area contributed by atoms with Gasteiger partial charge in [-0.3, -0.25) is 14.9 Å². The lowest BCUT2D eigenvalue weighted by atomic mass is 10.1. The molecule has 166 valence electrons. The normalized spacial score (nSPS) is 13.8. The van der Waals surface area contributed by atoms with Crippen molar-refractivity contribution in [3.63, 3.8) is 0 Å². The molecule has 0 atom stereocenters. The topological polar surface area (TPSA) is 131 Å². The lowest BCUT2D eigenvalue weighted by Crippen LogP contribution is -2.34. The Balaban J connectivity index is 1.57. The Morgan fingerprint density at radius 1 is 1.13 bits per heavy atom. The largest absolute Gasteiger partial charge is 0.497 e. The van der Waals surface area contributed by atoms with Crippen LogP contribution in [-0.4, -0.2) is 52.5 Å². The van der Waals surface area contributed by atoms with E-state index >= 15 is 0 Å². The van der Waals surface area contributed by atoms with Gasteiger partial charge in [-0.25, -0.2) is 13.1 Å². The maximum Gasteiger partial charge on any atom is 0.293 e. The molecule has 1 amide bonds. The molecule has 1 aliphatic rings. The summed E-state index contributed by atoms with van der Waals surface area (Å²) in [6.45, 7) is 1.49. The number of benzene rings is 2. The summed E-state index contributed by atoms with van der Waals surface area (Å²) in [7, 11) is -2.25. The number of sulfonamides is 1. The lowest BCUT2D eigenvalue weighted by Gasteiger charge is -2.17. The summed E-state index contributed by atoms with van der Waals surface area (Å²) in [5.74, 6) is 0.0239. The van der Waals surface area contributed by atoms with Gasteiger partial charge >= 0.3 is 0 Å². The maximum absolute atomic E-state index is 12.4. The van der Waals surface area contributed by atoms with Crippen LogP contribution < -0.4 is 19.7 Å². The predicted octanol–water partition coefficient (Wildman–Crippen LogP) is 1.91. The number of nitrogens with one attached hydrogen (secondary N) is 2. The molecule has 0 unspecified atom stereocenters. The van der Waals surface area contributed by atoms with Crippen molar-refractivity contribution in [2.45, 2.75) is 17.7 Å². The van der Waals surface area contributed by atoms with Gasteiger partial charge < -0.3 is 15.0 Å². The molecule has 3 rings (SSSR count). The van der Waals surface area contributed by atoms with Gasteiger partial charge in [0.15, 0.2) is 0 Å². The van der Waals surface area contributed by atoms with Crippen molar-refractivity contribution in [3.8, 4) is 5.75 Å². The van der Waals surface area contributed by atoms with E-state index < -0.39 is 20.9 Å². The van der Waals surface area contributed by atoms with E-state index in [1.807, 2.05) is 4.90 Å². The fourth-order valence-electron chi connectivity index (χ4n) is 3.34. The third-order valence-corrected chi connectivity index (χ3v) is 6.43. The Morgan fingerprint density at radius 2 is 1.81 bits per heavy atom. The standard InChI is InChI=1S/C20H24N4O6S/c1-30-16-5-7-17(8-6-16)31(28,29)22-11-10-21-20(25)15-4-9-18(19(14-15)24(26)27)23-12-2-3-13-23/h4-9,14,22H,2-3,10-13H2,1H3,(H,21,25). The monoisotopic (exact) mass is 448 g/mol. The number of ether oxygens (including phenoxy) is 1. The first-order valence-corrected chi connectivity index (χ1v) is 11.3. The molecule has 10 nitrogen and oxygen atoms in total. The lowest BCUT2D eigenvalue weighted by molar-refractivity contribution is -0.384. The minimum atomic E-state index is -3.73. The highest BCUT2D eigenvalue weighted by molar-refractivity contribution is 7.89. The second-order valence-corrected chi connectivity index (χ2v) is 8.75. The second-order valence-electron chi connectivity index (χ2n) is 6.98. The molecule has 1 aliphatic heterocycles. The first-order chi connectivity index (χ1) is 14.8. The Bertz CT molecular complexity index is 1050. The molecule has 1 saturated heterocycles. The Hall–Kier alpha value is -3.18. The molecule has 11 heteroatoms. The van der Waals surface area contributed by atoms with Crippen molar-refractivity contribution in [2.24, 2.45) is 0 Å². The van der Waals surface area contributed by atoms with E-state index in [9.17, 15) is 23.3 Å². The van der Waals surface area contributed by atoms with Crippen molar-refractivity contribution >= 4 is 27.3 Å². The van der Waals surface area contributed by atoms with Crippen molar-refractivity contribution in [3.05, 3.63) is 58.1 Å². The van der Waals surface area contributed by atoms with Crippen LogP contribution in [0.1, 0.15) is 23.2 Å². The van der Waals surface area contributed by atoms with Gasteiger partial charge in [0.05, 0.1) is 16.9 Å². The molecule has 2 aromatic carbocycles. The summed E-state index contributed by atoms with van der Waals surface area (Å²) < 4.78 is 32.0. The molecule has 2 aromatic rings. The number of nitro benzene ring substituents is 1. The van der Waals surface area contributed by atoms with Crippen LogP contribution in [0.25, 0.3) is 0 Å². The van der Waals surface area contributed by atoms with E-state index in [-0.39, 0.29) is 29.2 Å². The van der Waals surface area contributed by atoms with E-state index in [1.54, 1.807) is 6.07 Å². The molecule has 1 fully saturated rings. The summed E-state index contributed by atoms with van der Waals surface area (Å²) in [5.41, 5.74) is 0.536. The summed E-state index contributed by atoms with van der Waals surface area (Å²) in [4.78, 5) is 25.4. The van der Waals surface area contributed by atoms with Crippen LogP contribution in [0.2, 0.25) is 0 Å². The van der Waals surface area contributed by atoms with Crippen LogP contribution in [0.5, 0.6) is 5.75 Å². The molecular weight excluding hydrogens is 424 g/mol. The number of nitro groups is 1. The maximum atomic E-state index is 12.4. The van der Waals surface area contributed by atoms with E-state index in [1.165, 1.54) is 43.5 Å². The Labute approximate surface area is 180 Å². The minimum Gasteiger partial charge on any atom is -0.497 e. The van der Waals surface area contributed by atoms with E-state index in [2.05, 4.69) is 10.0 Å². The molecule has 0 aromatic heterocycles. The quantitative estimate of drug-likeness (QED) is 0.340. The van der Waals surface area contributed by atoms with Gasteiger partial charge in [0.2, 0.25) is 10.0 Å². The zero-order chi connectivity index (χ0) is 22.4. The van der Waals surface area contributed by atoms with E-state index in [0.717, 1.165) is 25.9 Å². The van der Waals surface area contributed by atoms with Gasteiger partial charge in [-0.05, 0) is 49.2 Å². The van der Waals surface area contributed by atoms with Crippen LogP contribution in [-0.2, 0) is 10.0 Å². The van der Waals surface area contributed by atoms with Gasteiger partial charge in [0, 0.05) is 37.8 Å². The van der Waals surface area contributed by atoms with Crippen molar-refractivity contribution in [2.75, 3.05) is 38.2 Å². The van der Waals surface area contributed by atoms with Gasteiger partial charge in [-0.15, -0.1) is 0 Å². The second kappa shape index (κ2) is 9.75. The van der Waals surface area contributed by atoms with Gasteiger partial charge in [-0.2, -0.15) is 0 Å². The average Bonchev–Trinajstić information content (AvgIpc) is 3.31.